The van der Waals surface area contributed by atoms with Gasteiger partial charge in [-0.3, -0.25) is 4.79 Å². The van der Waals surface area contributed by atoms with Gasteiger partial charge in [0.2, 0.25) is 5.91 Å². The second-order valence-electron chi connectivity index (χ2n) is 8.41. The monoisotopic (exact) mass is 386 g/mol. The quantitative estimate of drug-likeness (QED) is 0.705. The van der Waals surface area contributed by atoms with E-state index in [0.29, 0.717) is 6.42 Å². The lowest BCUT2D eigenvalue weighted by atomic mass is 9.98. The molecule has 2 heterocycles. The van der Waals surface area contributed by atoms with Gasteiger partial charge >= 0.3 is 0 Å². The number of carbonyl (C=O) groups excluding carboxylic acids is 1. The van der Waals surface area contributed by atoms with Crippen molar-refractivity contribution in [1.29, 1.82) is 0 Å². The van der Waals surface area contributed by atoms with Crippen molar-refractivity contribution >= 4 is 22.6 Å². The smallest absolute Gasteiger partial charge is 0.243 e. The van der Waals surface area contributed by atoms with Crippen LogP contribution >= 0.6 is 0 Å². The number of furan rings is 1. The summed E-state index contributed by atoms with van der Waals surface area (Å²) in [6.07, 6.45) is 8.25. The number of aryl methyl sites for hydroxylation is 1. The van der Waals surface area contributed by atoms with Crippen molar-refractivity contribution in [2.75, 3.05) is 18.6 Å². The van der Waals surface area contributed by atoms with Crippen molar-refractivity contribution in [3.05, 3.63) is 29.5 Å². The Morgan fingerprint density at radius 3 is 2.75 bits per heavy atom. The topological polar surface area (TPSA) is 65.7 Å². The summed E-state index contributed by atoms with van der Waals surface area (Å²) in [7, 11) is 1.98. The number of carbonyl (C=O) groups is 1. The van der Waals surface area contributed by atoms with Gasteiger partial charge in [0.05, 0.1) is 18.9 Å². The van der Waals surface area contributed by atoms with Crippen LogP contribution in [-0.2, 0) is 17.6 Å². The highest BCUT2D eigenvalue weighted by molar-refractivity contribution is 5.98. The molecule has 0 unspecified atom stereocenters. The second kappa shape index (κ2) is 8.99. The zero-order valence-corrected chi connectivity index (χ0v) is 17.6. The number of hydrogen-bond acceptors (Lipinski definition) is 4. The molecule has 0 spiro atoms. The number of aliphatic hydroxyl groups excluding tert-OH is 1. The Balaban J connectivity index is 2.06. The molecule has 3 rings (SSSR count). The van der Waals surface area contributed by atoms with E-state index < -0.39 is 0 Å². The minimum Gasteiger partial charge on any atom is -0.464 e. The summed E-state index contributed by atoms with van der Waals surface area (Å²) in [5.74, 6) is 0.108. The summed E-state index contributed by atoms with van der Waals surface area (Å²) in [4.78, 5) is 15.0. The molecular weight excluding hydrogens is 352 g/mol. The molecule has 0 bridgehead atoms. The molecule has 2 aromatic rings. The molecule has 0 aliphatic carbocycles. The van der Waals surface area contributed by atoms with Crippen molar-refractivity contribution < 1.29 is 14.3 Å². The van der Waals surface area contributed by atoms with Crippen LogP contribution in [-0.4, -0.2) is 36.8 Å². The maximum absolute atomic E-state index is 12.9. The number of amides is 1. The fraction of sp³-hybridized carbons (Fsp3) is 0.609. The van der Waals surface area contributed by atoms with Crippen molar-refractivity contribution in [2.45, 2.75) is 71.4 Å². The van der Waals surface area contributed by atoms with E-state index in [1.165, 1.54) is 24.8 Å². The van der Waals surface area contributed by atoms with E-state index >= 15 is 0 Å². The predicted octanol–water partition coefficient (Wildman–Crippen LogP) is 4.05. The third kappa shape index (κ3) is 4.04. The van der Waals surface area contributed by atoms with Crippen molar-refractivity contribution in [3.63, 3.8) is 0 Å². The first-order valence-corrected chi connectivity index (χ1v) is 10.6. The fourth-order valence-electron chi connectivity index (χ4n) is 4.42. The summed E-state index contributed by atoms with van der Waals surface area (Å²) in [6, 6.07) is 3.69. The van der Waals surface area contributed by atoms with Gasteiger partial charge in [-0.15, -0.1) is 0 Å². The van der Waals surface area contributed by atoms with Crippen LogP contribution in [0.5, 0.6) is 0 Å². The number of hydrogen-bond donors (Lipinski definition) is 2. The molecule has 1 aliphatic rings. The molecule has 28 heavy (non-hydrogen) atoms. The van der Waals surface area contributed by atoms with Gasteiger partial charge in [-0.1, -0.05) is 46.1 Å². The molecule has 2 atom stereocenters. The minimum atomic E-state index is -0.304. The normalized spacial score (nSPS) is 20.2. The minimum absolute atomic E-state index is 0.0320. The van der Waals surface area contributed by atoms with Gasteiger partial charge in [-0.2, -0.15) is 0 Å². The Hall–Kier alpha value is -2.01. The standard InChI is InChI=1S/C23H34N2O3/c1-5-6-7-8-9-16-10-11-19-20-17(14-28-22(16)20)12-18(13-26)24-23(27)21(15(2)3)25(19)4/h10-11,14-15,18,21,26H,5-9,12-13H2,1-4H3,(H,24,27)/t18-,21-/m0/s1. The second-order valence-corrected chi connectivity index (χ2v) is 8.41. The zero-order valence-electron chi connectivity index (χ0n) is 17.6. The third-order valence-corrected chi connectivity index (χ3v) is 5.89. The van der Waals surface area contributed by atoms with Crippen molar-refractivity contribution in [3.8, 4) is 0 Å². The molecule has 5 nitrogen and oxygen atoms in total. The van der Waals surface area contributed by atoms with Crippen LogP contribution in [0.25, 0.3) is 11.0 Å². The summed E-state index contributed by atoms with van der Waals surface area (Å²) in [6.45, 7) is 6.25. The van der Waals surface area contributed by atoms with Gasteiger partial charge < -0.3 is 19.7 Å². The van der Waals surface area contributed by atoms with E-state index in [1.54, 1.807) is 0 Å². The lowest BCUT2D eigenvalue weighted by molar-refractivity contribution is -0.124. The Kier molecular flexibility index (Phi) is 6.65. The first kappa shape index (κ1) is 20.7. The molecule has 1 aromatic heterocycles. The highest BCUT2D eigenvalue weighted by Crippen LogP contribution is 2.37. The first-order chi connectivity index (χ1) is 13.5. The number of nitrogens with one attached hydrogen (secondary N) is 1. The number of unbranched alkanes of at least 4 members (excludes halogenated alkanes) is 3. The van der Waals surface area contributed by atoms with E-state index in [4.69, 9.17) is 4.42 Å². The number of benzene rings is 1. The number of anilines is 1. The van der Waals surface area contributed by atoms with Gasteiger partial charge in [-0.25, -0.2) is 0 Å². The average Bonchev–Trinajstić information content (AvgIpc) is 3.09. The zero-order chi connectivity index (χ0) is 20.3. The lowest BCUT2D eigenvalue weighted by Gasteiger charge is -2.32. The van der Waals surface area contributed by atoms with Gasteiger partial charge in [0.1, 0.15) is 11.6 Å². The average molecular weight is 387 g/mol. The molecule has 154 valence electrons. The molecule has 1 aromatic carbocycles. The SMILES string of the molecule is CCCCCCc1ccc2c3c(coc13)C[C@@H](CO)NC(=O)[C@H](C(C)C)N2C. The molecular formula is C23H34N2O3. The molecule has 1 amide bonds. The molecule has 0 radical (unpaired) electrons. The molecule has 2 N–H and O–H groups in total. The Morgan fingerprint density at radius 1 is 1.29 bits per heavy atom. The van der Waals surface area contributed by atoms with Crippen LogP contribution in [0, 0.1) is 5.92 Å². The van der Waals surface area contributed by atoms with Gasteiger partial charge in [0, 0.05) is 23.7 Å². The van der Waals surface area contributed by atoms with Crippen LogP contribution < -0.4 is 10.2 Å². The lowest BCUT2D eigenvalue weighted by Crippen LogP contribution is -2.52. The molecule has 0 saturated heterocycles. The number of aliphatic hydroxyl groups is 1. The molecule has 5 heteroatoms. The highest BCUT2D eigenvalue weighted by Gasteiger charge is 2.32. The van der Waals surface area contributed by atoms with Crippen LogP contribution in [0.15, 0.2) is 22.8 Å². The Morgan fingerprint density at radius 2 is 2.07 bits per heavy atom. The van der Waals surface area contributed by atoms with Crippen LogP contribution in [0.2, 0.25) is 0 Å². The molecule has 0 fully saturated rings. The van der Waals surface area contributed by atoms with Crippen LogP contribution in [0.1, 0.15) is 57.6 Å². The van der Waals surface area contributed by atoms with E-state index in [9.17, 15) is 9.90 Å². The predicted molar refractivity (Wildman–Crippen MR) is 114 cm³/mol. The third-order valence-electron chi connectivity index (χ3n) is 5.89. The van der Waals surface area contributed by atoms with E-state index in [1.807, 2.05) is 13.3 Å². The number of rotatable bonds is 7. The molecule has 1 aliphatic heterocycles. The van der Waals surface area contributed by atoms with Crippen molar-refractivity contribution in [1.82, 2.24) is 5.32 Å². The summed E-state index contributed by atoms with van der Waals surface area (Å²) >= 11 is 0. The van der Waals surface area contributed by atoms with E-state index in [2.05, 4.69) is 43.1 Å². The van der Waals surface area contributed by atoms with Gasteiger partial charge in [0.15, 0.2) is 0 Å². The summed E-state index contributed by atoms with van der Waals surface area (Å²) in [5.41, 5.74) is 4.25. The van der Waals surface area contributed by atoms with Gasteiger partial charge in [-0.05, 0) is 36.8 Å². The summed E-state index contributed by atoms with van der Waals surface area (Å²) < 4.78 is 6.04. The van der Waals surface area contributed by atoms with Gasteiger partial charge in [0.25, 0.3) is 0 Å². The number of likely N-dealkylation sites (N-methyl/N-ethyl adjacent to an activating group) is 1. The van der Waals surface area contributed by atoms with E-state index in [0.717, 1.165) is 35.1 Å². The fourth-order valence-corrected chi connectivity index (χ4v) is 4.42. The Labute approximate surface area is 168 Å². The van der Waals surface area contributed by atoms with E-state index in [-0.39, 0.29) is 30.5 Å². The highest BCUT2D eigenvalue weighted by atomic mass is 16.3. The Bertz CT molecular complexity index is 812. The number of nitrogens with zero attached hydrogens (tertiary/aromatic N) is 1. The van der Waals surface area contributed by atoms with Crippen LogP contribution in [0.3, 0.4) is 0 Å². The largest absolute Gasteiger partial charge is 0.464 e. The molecule has 0 saturated carbocycles. The maximum atomic E-state index is 12.9. The van der Waals surface area contributed by atoms with Crippen molar-refractivity contribution in [2.24, 2.45) is 5.92 Å². The van der Waals surface area contributed by atoms with Crippen LogP contribution in [0.4, 0.5) is 5.69 Å². The maximum Gasteiger partial charge on any atom is 0.243 e. The summed E-state index contributed by atoms with van der Waals surface area (Å²) in [5, 5.41) is 13.9. The first-order valence-electron chi connectivity index (χ1n) is 10.6.